The first-order valence-electron chi connectivity index (χ1n) is 5.40. The minimum absolute atomic E-state index is 0.240. The second-order valence-electron chi connectivity index (χ2n) is 3.65. The first kappa shape index (κ1) is 13.4. The molecule has 1 amide bonds. The van der Waals surface area contributed by atoms with Crippen molar-refractivity contribution in [3.63, 3.8) is 0 Å². The van der Waals surface area contributed by atoms with Crippen LogP contribution >= 0.6 is 15.9 Å². The number of aromatic amines is 1. The van der Waals surface area contributed by atoms with Crippen molar-refractivity contribution in [2.75, 3.05) is 0 Å². The molecule has 0 bridgehead atoms. The van der Waals surface area contributed by atoms with Gasteiger partial charge in [0, 0.05) is 16.1 Å². The van der Waals surface area contributed by atoms with Gasteiger partial charge in [0.05, 0.1) is 6.54 Å². The van der Waals surface area contributed by atoms with Crippen LogP contribution in [0.25, 0.3) is 6.08 Å². The number of amides is 1. The molecular weight excluding hydrogens is 315 g/mol. The van der Waals surface area contributed by atoms with Gasteiger partial charge in [-0.05, 0) is 24.3 Å². The van der Waals surface area contributed by atoms with Gasteiger partial charge in [0.15, 0.2) is 0 Å². The molecular formula is C12H10BrFN4O. The van der Waals surface area contributed by atoms with Crippen LogP contribution in [0.2, 0.25) is 0 Å². The number of hydrogen-bond donors (Lipinski definition) is 2. The summed E-state index contributed by atoms with van der Waals surface area (Å²) in [4.78, 5) is 15.4. The summed E-state index contributed by atoms with van der Waals surface area (Å²) in [6.07, 6.45) is 4.03. The van der Waals surface area contributed by atoms with E-state index in [1.807, 2.05) is 0 Å². The number of rotatable bonds is 4. The van der Waals surface area contributed by atoms with E-state index < -0.39 is 0 Å². The molecule has 1 aromatic carbocycles. The molecule has 0 fully saturated rings. The Kier molecular flexibility index (Phi) is 4.40. The summed E-state index contributed by atoms with van der Waals surface area (Å²) in [7, 11) is 0. The average Bonchev–Trinajstić information content (AvgIpc) is 2.90. The molecule has 1 heterocycles. The molecule has 7 heteroatoms. The molecule has 0 radical (unpaired) electrons. The number of nitrogens with one attached hydrogen (secondary N) is 2. The Morgan fingerprint density at radius 1 is 1.53 bits per heavy atom. The summed E-state index contributed by atoms with van der Waals surface area (Å²) >= 11 is 3.24. The van der Waals surface area contributed by atoms with Crippen molar-refractivity contribution in [1.29, 1.82) is 0 Å². The third kappa shape index (κ3) is 3.99. The van der Waals surface area contributed by atoms with Crippen molar-refractivity contribution in [3.05, 3.63) is 52.3 Å². The second-order valence-corrected chi connectivity index (χ2v) is 4.56. The van der Waals surface area contributed by atoms with E-state index in [0.29, 0.717) is 11.4 Å². The van der Waals surface area contributed by atoms with E-state index in [0.717, 1.165) is 4.47 Å². The molecule has 98 valence electrons. The summed E-state index contributed by atoms with van der Waals surface area (Å²) in [5.41, 5.74) is 0.337. The third-order valence-electron chi connectivity index (χ3n) is 2.27. The topological polar surface area (TPSA) is 70.7 Å². The number of carbonyl (C=O) groups excluding carboxylic acids is 1. The summed E-state index contributed by atoms with van der Waals surface area (Å²) in [6, 6.07) is 4.52. The number of benzene rings is 1. The lowest BCUT2D eigenvalue weighted by Gasteiger charge is -1.99. The number of carbonyl (C=O) groups is 1. The molecule has 5 nitrogen and oxygen atoms in total. The highest BCUT2D eigenvalue weighted by Gasteiger charge is 2.01. The van der Waals surface area contributed by atoms with E-state index in [1.165, 1.54) is 24.5 Å². The molecule has 0 saturated carbocycles. The first-order chi connectivity index (χ1) is 9.15. The number of nitrogens with zero attached hydrogens (tertiary/aromatic N) is 2. The van der Waals surface area contributed by atoms with Crippen LogP contribution in [0.4, 0.5) is 4.39 Å². The average molecular weight is 325 g/mol. The van der Waals surface area contributed by atoms with Gasteiger partial charge < -0.3 is 5.32 Å². The largest absolute Gasteiger partial charge is 0.345 e. The normalized spacial score (nSPS) is 10.8. The predicted molar refractivity (Wildman–Crippen MR) is 71.4 cm³/mol. The Morgan fingerprint density at radius 2 is 2.37 bits per heavy atom. The SMILES string of the molecule is O=C(/C=C/c1cc(Br)ccc1F)NCc1ncn[nH]1. The summed E-state index contributed by atoms with van der Waals surface area (Å²) in [6.45, 7) is 0.240. The van der Waals surface area contributed by atoms with Crippen molar-refractivity contribution < 1.29 is 9.18 Å². The van der Waals surface area contributed by atoms with Gasteiger partial charge in [-0.15, -0.1) is 0 Å². The van der Waals surface area contributed by atoms with Crippen LogP contribution in [0.3, 0.4) is 0 Å². The molecule has 0 aliphatic rings. The van der Waals surface area contributed by atoms with Gasteiger partial charge in [0.1, 0.15) is 18.0 Å². The van der Waals surface area contributed by atoms with Crippen molar-refractivity contribution in [2.45, 2.75) is 6.54 Å². The lowest BCUT2D eigenvalue weighted by atomic mass is 10.2. The van der Waals surface area contributed by atoms with Gasteiger partial charge in [0.2, 0.25) is 5.91 Å². The third-order valence-corrected chi connectivity index (χ3v) is 2.76. The Balaban J connectivity index is 1.94. The van der Waals surface area contributed by atoms with Gasteiger partial charge in [-0.2, -0.15) is 5.10 Å². The van der Waals surface area contributed by atoms with Gasteiger partial charge >= 0.3 is 0 Å². The molecule has 19 heavy (non-hydrogen) atoms. The van der Waals surface area contributed by atoms with Gasteiger partial charge in [-0.3, -0.25) is 9.89 Å². The first-order valence-corrected chi connectivity index (χ1v) is 6.19. The summed E-state index contributed by atoms with van der Waals surface area (Å²) in [5.74, 6) is -0.173. The van der Waals surface area contributed by atoms with Crippen molar-refractivity contribution in [3.8, 4) is 0 Å². The monoisotopic (exact) mass is 324 g/mol. The van der Waals surface area contributed by atoms with Crippen LogP contribution in [0.15, 0.2) is 35.1 Å². The minimum Gasteiger partial charge on any atom is -0.345 e. The number of H-pyrrole nitrogens is 1. The number of aromatic nitrogens is 3. The highest BCUT2D eigenvalue weighted by atomic mass is 79.9. The number of hydrogen-bond acceptors (Lipinski definition) is 3. The fourth-order valence-electron chi connectivity index (χ4n) is 1.35. The molecule has 0 unspecified atom stereocenters. The Bertz CT molecular complexity index is 598. The zero-order valence-electron chi connectivity index (χ0n) is 9.73. The fraction of sp³-hybridized carbons (Fsp3) is 0.0833. The zero-order chi connectivity index (χ0) is 13.7. The lowest BCUT2D eigenvalue weighted by Crippen LogP contribution is -2.20. The molecule has 1 aromatic heterocycles. The quantitative estimate of drug-likeness (QED) is 0.845. The molecule has 0 aliphatic heterocycles. The maximum atomic E-state index is 13.4. The van der Waals surface area contributed by atoms with Crippen LogP contribution in [-0.4, -0.2) is 21.1 Å². The van der Waals surface area contributed by atoms with Crippen molar-refractivity contribution >= 4 is 27.9 Å². The molecule has 0 atom stereocenters. The van der Waals surface area contributed by atoms with Crippen LogP contribution in [0.5, 0.6) is 0 Å². The van der Waals surface area contributed by atoms with Crippen LogP contribution in [0, 0.1) is 5.82 Å². The molecule has 2 aromatic rings. The van der Waals surface area contributed by atoms with Crippen molar-refractivity contribution in [2.24, 2.45) is 0 Å². The highest BCUT2D eigenvalue weighted by molar-refractivity contribution is 9.10. The lowest BCUT2D eigenvalue weighted by molar-refractivity contribution is -0.116. The van der Waals surface area contributed by atoms with Crippen molar-refractivity contribution in [1.82, 2.24) is 20.5 Å². The standard InChI is InChI=1S/C12H10BrFN4O/c13-9-2-3-10(14)8(5-9)1-4-12(19)15-6-11-16-7-17-18-11/h1-5,7H,6H2,(H,15,19)(H,16,17,18)/b4-1+. The second kappa shape index (κ2) is 6.24. The minimum atomic E-state index is -0.387. The molecule has 2 N–H and O–H groups in total. The predicted octanol–water partition coefficient (Wildman–Crippen LogP) is 2.04. The molecule has 0 spiro atoms. The van der Waals surface area contributed by atoms with E-state index in [9.17, 15) is 9.18 Å². The fourth-order valence-corrected chi connectivity index (χ4v) is 1.73. The Morgan fingerprint density at radius 3 is 3.11 bits per heavy atom. The summed E-state index contributed by atoms with van der Waals surface area (Å²) in [5, 5.41) is 8.87. The maximum Gasteiger partial charge on any atom is 0.244 e. The van der Waals surface area contributed by atoms with Gasteiger partial charge in [0.25, 0.3) is 0 Å². The van der Waals surface area contributed by atoms with Gasteiger partial charge in [-0.25, -0.2) is 9.37 Å². The van der Waals surface area contributed by atoms with E-state index in [-0.39, 0.29) is 18.3 Å². The highest BCUT2D eigenvalue weighted by Crippen LogP contribution is 2.16. The number of halogens is 2. The summed E-state index contributed by atoms with van der Waals surface area (Å²) < 4.78 is 14.1. The molecule has 0 aliphatic carbocycles. The van der Waals surface area contributed by atoms with E-state index in [1.54, 1.807) is 12.1 Å². The van der Waals surface area contributed by atoms with E-state index in [2.05, 4.69) is 36.4 Å². The molecule has 2 rings (SSSR count). The Hall–Kier alpha value is -2.02. The van der Waals surface area contributed by atoms with Crippen LogP contribution < -0.4 is 5.32 Å². The Labute approximate surface area is 117 Å². The maximum absolute atomic E-state index is 13.4. The van der Waals surface area contributed by atoms with Crippen LogP contribution in [-0.2, 0) is 11.3 Å². The van der Waals surface area contributed by atoms with Gasteiger partial charge in [-0.1, -0.05) is 15.9 Å². The molecule has 0 saturated heterocycles. The van der Waals surface area contributed by atoms with Crippen LogP contribution in [0.1, 0.15) is 11.4 Å². The van der Waals surface area contributed by atoms with E-state index >= 15 is 0 Å². The van der Waals surface area contributed by atoms with E-state index in [4.69, 9.17) is 0 Å². The smallest absolute Gasteiger partial charge is 0.244 e. The zero-order valence-corrected chi connectivity index (χ0v) is 11.3.